The average molecular weight is 366 g/mol. The van der Waals surface area contributed by atoms with Crippen molar-refractivity contribution in [1.29, 1.82) is 0 Å². The minimum atomic E-state index is -1.57. The van der Waals surface area contributed by atoms with Crippen LogP contribution in [0.3, 0.4) is 0 Å². The number of benzene rings is 1. The van der Waals surface area contributed by atoms with Crippen LogP contribution in [0.15, 0.2) is 36.0 Å². The smallest absolute Gasteiger partial charge is 0.153 e. The highest BCUT2D eigenvalue weighted by Crippen LogP contribution is 2.27. The Morgan fingerprint density at radius 2 is 1.88 bits per heavy atom. The largest absolute Gasteiger partial charge is 0.381 e. The molecule has 1 aliphatic heterocycles. The molecule has 0 bridgehead atoms. The van der Waals surface area contributed by atoms with Gasteiger partial charge in [0.25, 0.3) is 0 Å². The second kappa shape index (κ2) is 8.73. The molecule has 6 heteroatoms. The molecule has 1 N–H and O–H groups in total. The Labute approximate surface area is 154 Å². The molecule has 2 unspecified atom stereocenters. The van der Waals surface area contributed by atoms with E-state index in [4.69, 9.17) is 0 Å². The Kier molecular flexibility index (Phi) is 6.89. The number of hydrogen-bond acceptors (Lipinski definition) is 4. The molecule has 0 amide bonds. The van der Waals surface area contributed by atoms with Gasteiger partial charge in [-0.05, 0) is 31.9 Å². The van der Waals surface area contributed by atoms with Gasteiger partial charge in [-0.1, -0.05) is 30.3 Å². The van der Waals surface area contributed by atoms with Gasteiger partial charge in [0.1, 0.15) is 12.3 Å². The van der Waals surface area contributed by atoms with Crippen LogP contribution >= 0.6 is 0 Å². The minimum Gasteiger partial charge on any atom is -0.381 e. The van der Waals surface area contributed by atoms with E-state index in [2.05, 4.69) is 11.8 Å². The number of aldehydes is 1. The van der Waals surface area contributed by atoms with Gasteiger partial charge < -0.3 is 14.8 Å². The molecular formula is C20H28F2N2O2. The first kappa shape index (κ1) is 20.5. The zero-order chi connectivity index (χ0) is 19.3. The predicted molar refractivity (Wildman–Crippen MR) is 98.3 cm³/mol. The second-order valence-electron chi connectivity index (χ2n) is 7.11. The van der Waals surface area contributed by atoms with Crippen molar-refractivity contribution in [1.82, 2.24) is 9.80 Å². The monoisotopic (exact) mass is 366 g/mol. The third-order valence-electron chi connectivity index (χ3n) is 4.99. The number of halogens is 2. The third-order valence-corrected chi connectivity index (χ3v) is 4.99. The van der Waals surface area contributed by atoms with Gasteiger partial charge in [-0.2, -0.15) is 0 Å². The molecule has 1 fully saturated rings. The Morgan fingerprint density at radius 1 is 1.27 bits per heavy atom. The summed E-state index contributed by atoms with van der Waals surface area (Å²) in [6.07, 6.45) is 1.01. The molecule has 1 aromatic rings. The normalized spacial score (nSPS) is 22.1. The highest BCUT2D eigenvalue weighted by Gasteiger charge is 2.29. The van der Waals surface area contributed by atoms with Crippen LogP contribution in [0.25, 0.3) is 0 Å². The number of allylic oxidation sites excluding steroid dienone is 1. The van der Waals surface area contributed by atoms with Gasteiger partial charge in [0.15, 0.2) is 12.5 Å². The molecule has 1 aliphatic rings. The van der Waals surface area contributed by atoms with Crippen molar-refractivity contribution in [3.8, 4) is 0 Å². The van der Waals surface area contributed by atoms with E-state index < -0.39 is 18.4 Å². The summed E-state index contributed by atoms with van der Waals surface area (Å²) in [5.41, 5.74) is 1.10. The van der Waals surface area contributed by atoms with Gasteiger partial charge in [-0.15, -0.1) is 0 Å². The number of carbonyl (C=O) groups excluding carboxylic acids is 1. The van der Waals surface area contributed by atoms with Gasteiger partial charge in [0.05, 0.1) is 6.54 Å². The maximum absolute atomic E-state index is 13.4. The first-order chi connectivity index (χ1) is 12.3. The topological polar surface area (TPSA) is 43.8 Å². The van der Waals surface area contributed by atoms with E-state index in [0.29, 0.717) is 24.9 Å². The van der Waals surface area contributed by atoms with Gasteiger partial charge >= 0.3 is 0 Å². The Hall–Kier alpha value is -1.79. The molecule has 0 aliphatic carbocycles. The molecule has 2 rings (SSSR count). The van der Waals surface area contributed by atoms with Gasteiger partial charge in [0.2, 0.25) is 0 Å². The molecule has 1 aromatic carbocycles. The zero-order valence-electron chi connectivity index (χ0n) is 15.7. The molecule has 3 atom stereocenters. The van der Waals surface area contributed by atoms with Crippen LogP contribution < -0.4 is 0 Å². The van der Waals surface area contributed by atoms with Crippen molar-refractivity contribution in [3.05, 3.63) is 47.2 Å². The lowest BCUT2D eigenvalue weighted by Gasteiger charge is -2.42. The standard InChI is InChI=1S/C20H28F2N2O2/c1-4-18-12-23(9-10-24(18)13-20(3,26)14-25)15(2)16-5-7-17(8-6-16)19(22)11-21/h4-8,14-15,19,26H,9-13H2,1-3H3/b18-4-/t15?,19?,20-/m0/s1. The van der Waals surface area contributed by atoms with Crippen LogP contribution in [0.4, 0.5) is 8.78 Å². The van der Waals surface area contributed by atoms with E-state index >= 15 is 0 Å². The molecule has 1 saturated heterocycles. The van der Waals surface area contributed by atoms with Gasteiger partial charge in [0, 0.05) is 31.4 Å². The second-order valence-corrected chi connectivity index (χ2v) is 7.11. The summed E-state index contributed by atoms with van der Waals surface area (Å²) in [7, 11) is 0. The van der Waals surface area contributed by atoms with Crippen molar-refractivity contribution < 1.29 is 18.7 Å². The number of rotatable bonds is 7. The number of carbonyl (C=O) groups is 1. The summed E-state index contributed by atoms with van der Waals surface area (Å²) in [6, 6.07) is 7.10. The maximum Gasteiger partial charge on any atom is 0.153 e. The molecular weight excluding hydrogens is 338 g/mol. The lowest BCUT2D eigenvalue weighted by molar-refractivity contribution is -0.124. The number of β-amino-alcohol motifs (C(OH)–C–C–N with tert-alkyl or cyclic N) is 1. The summed E-state index contributed by atoms with van der Waals surface area (Å²) in [4.78, 5) is 15.3. The average Bonchev–Trinajstić information content (AvgIpc) is 2.67. The lowest BCUT2D eigenvalue weighted by atomic mass is 10.0. The SMILES string of the molecule is C/C=C1/CN(C(C)c2ccc(C(F)CF)cc2)CCN1C[C@](C)(O)C=O. The summed E-state index contributed by atoms with van der Waals surface area (Å²) in [6.45, 7) is 7.00. The van der Waals surface area contributed by atoms with Crippen LogP contribution in [-0.4, -0.2) is 59.6 Å². The van der Waals surface area contributed by atoms with Crippen molar-refractivity contribution in [2.24, 2.45) is 0 Å². The fourth-order valence-corrected chi connectivity index (χ4v) is 3.27. The highest BCUT2D eigenvalue weighted by atomic mass is 19.2. The van der Waals surface area contributed by atoms with E-state index in [1.807, 2.05) is 30.0 Å². The van der Waals surface area contributed by atoms with E-state index in [-0.39, 0.29) is 12.6 Å². The molecule has 0 saturated carbocycles. The van der Waals surface area contributed by atoms with Crippen molar-refractivity contribution >= 4 is 6.29 Å². The van der Waals surface area contributed by atoms with Crippen LogP contribution in [-0.2, 0) is 4.79 Å². The molecule has 26 heavy (non-hydrogen) atoms. The van der Waals surface area contributed by atoms with Crippen molar-refractivity contribution in [2.45, 2.75) is 38.6 Å². The molecule has 1 heterocycles. The molecule has 4 nitrogen and oxygen atoms in total. The molecule has 0 spiro atoms. The van der Waals surface area contributed by atoms with Crippen LogP contribution in [0.2, 0.25) is 0 Å². The minimum absolute atomic E-state index is 0.121. The number of alkyl halides is 2. The van der Waals surface area contributed by atoms with Gasteiger partial charge in [-0.3, -0.25) is 4.90 Å². The molecule has 0 aromatic heterocycles. The first-order valence-electron chi connectivity index (χ1n) is 8.94. The number of hydrogen-bond donors (Lipinski definition) is 1. The fraction of sp³-hybridized carbons (Fsp3) is 0.550. The van der Waals surface area contributed by atoms with E-state index in [9.17, 15) is 18.7 Å². The highest BCUT2D eigenvalue weighted by molar-refractivity contribution is 5.61. The summed E-state index contributed by atoms with van der Waals surface area (Å²) in [5, 5.41) is 10.0. The summed E-state index contributed by atoms with van der Waals surface area (Å²) in [5.74, 6) is 0. The zero-order valence-corrected chi connectivity index (χ0v) is 15.7. The molecule has 0 radical (unpaired) electrons. The summed E-state index contributed by atoms with van der Waals surface area (Å²) < 4.78 is 25.9. The van der Waals surface area contributed by atoms with Gasteiger partial charge in [-0.25, -0.2) is 8.78 Å². The van der Waals surface area contributed by atoms with E-state index in [1.54, 1.807) is 12.1 Å². The van der Waals surface area contributed by atoms with Crippen molar-refractivity contribution in [2.75, 3.05) is 32.9 Å². The first-order valence-corrected chi connectivity index (χ1v) is 8.94. The third kappa shape index (κ3) is 4.89. The van der Waals surface area contributed by atoms with E-state index in [0.717, 1.165) is 17.8 Å². The summed E-state index contributed by atoms with van der Waals surface area (Å²) >= 11 is 0. The number of nitrogens with zero attached hydrogens (tertiary/aromatic N) is 2. The van der Waals surface area contributed by atoms with Crippen molar-refractivity contribution in [3.63, 3.8) is 0 Å². The van der Waals surface area contributed by atoms with Crippen LogP contribution in [0.5, 0.6) is 0 Å². The quantitative estimate of drug-likeness (QED) is 0.753. The molecule has 144 valence electrons. The predicted octanol–water partition coefficient (Wildman–Crippen LogP) is 3.20. The Balaban J connectivity index is 2.05. The number of piperazine rings is 1. The Bertz CT molecular complexity index is 631. The number of aliphatic hydroxyl groups is 1. The van der Waals surface area contributed by atoms with E-state index in [1.165, 1.54) is 6.92 Å². The maximum atomic E-state index is 13.4. The van der Waals surface area contributed by atoms with Crippen LogP contribution in [0, 0.1) is 0 Å². The Morgan fingerprint density at radius 3 is 2.42 bits per heavy atom. The lowest BCUT2D eigenvalue weighted by Crippen LogP contribution is -2.50. The van der Waals surface area contributed by atoms with Crippen LogP contribution in [0.1, 0.15) is 44.1 Å². The fourth-order valence-electron chi connectivity index (χ4n) is 3.27.